The molecular weight excluding hydrogens is 378 g/mol. The minimum absolute atomic E-state index is 0.159. The van der Waals surface area contributed by atoms with Crippen molar-refractivity contribution in [1.29, 1.82) is 0 Å². The van der Waals surface area contributed by atoms with Gasteiger partial charge in [0.05, 0.1) is 24.5 Å². The molecule has 2 amide bonds. The molecule has 0 radical (unpaired) electrons. The van der Waals surface area contributed by atoms with Crippen molar-refractivity contribution < 1.29 is 28.3 Å². The maximum absolute atomic E-state index is 13.2. The molecule has 5 heterocycles. The van der Waals surface area contributed by atoms with Crippen molar-refractivity contribution in [3.05, 3.63) is 42.2 Å². The molecule has 2 bridgehead atoms. The molecule has 0 saturated carbocycles. The van der Waals surface area contributed by atoms with E-state index in [2.05, 4.69) is 10.5 Å². The number of fused-ring (bicyclic) bond motifs is 2. The van der Waals surface area contributed by atoms with E-state index in [4.69, 9.17) is 18.7 Å². The fourth-order valence-electron chi connectivity index (χ4n) is 4.67. The molecule has 9 nitrogen and oxygen atoms in total. The van der Waals surface area contributed by atoms with Crippen LogP contribution in [-0.4, -0.2) is 42.0 Å². The van der Waals surface area contributed by atoms with Crippen molar-refractivity contribution in [3.8, 4) is 11.5 Å². The number of hydrogen-bond acceptors (Lipinski definition) is 7. The molecule has 1 spiro atoms. The summed E-state index contributed by atoms with van der Waals surface area (Å²) in [5.74, 6) is 0.574. The molecule has 4 aliphatic heterocycles. The first-order valence-electron chi connectivity index (χ1n) is 9.36. The lowest BCUT2D eigenvalue weighted by atomic mass is 9.77. The van der Waals surface area contributed by atoms with Crippen LogP contribution in [0.2, 0.25) is 0 Å². The summed E-state index contributed by atoms with van der Waals surface area (Å²) in [6, 6.07) is 6.90. The standard InChI is InChI=1S/C20H17N3O6/c1-10-6-15(22-29-10)23-8-20-5-4-13(28-20)16(17(20)19(23)25)18(24)21-11-2-3-12-14(7-11)27-9-26-12/h2-7,13,16-17H,8-9H2,1H3,(H,21,24)/t13-,16-,17-,20+/m1/s1. The number of ether oxygens (including phenoxy) is 3. The van der Waals surface area contributed by atoms with Gasteiger partial charge in [0.25, 0.3) is 0 Å². The molecule has 2 aromatic rings. The molecule has 9 heteroatoms. The predicted octanol–water partition coefficient (Wildman–Crippen LogP) is 1.64. The minimum Gasteiger partial charge on any atom is -0.454 e. The molecule has 1 aromatic carbocycles. The number of carbonyl (C=O) groups excluding carboxylic acids is 2. The Morgan fingerprint density at radius 2 is 2.14 bits per heavy atom. The summed E-state index contributed by atoms with van der Waals surface area (Å²) in [6.45, 7) is 2.23. The average molecular weight is 395 g/mol. The fraction of sp³-hybridized carbons (Fsp3) is 0.350. The first-order valence-corrected chi connectivity index (χ1v) is 9.36. The topological polar surface area (TPSA) is 103 Å². The van der Waals surface area contributed by atoms with Crippen LogP contribution in [-0.2, 0) is 14.3 Å². The van der Waals surface area contributed by atoms with Crippen LogP contribution in [0.25, 0.3) is 0 Å². The summed E-state index contributed by atoms with van der Waals surface area (Å²) in [5.41, 5.74) is -0.236. The Balaban J connectivity index is 1.28. The number of anilines is 2. The van der Waals surface area contributed by atoms with Gasteiger partial charge in [-0.2, -0.15) is 0 Å². The van der Waals surface area contributed by atoms with Crippen LogP contribution in [0, 0.1) is 18.8 Å². The van der Waals surface area contributed by atoms with Gasteiger partial charge in [-0.25, -0.2) is 0 Å². The Morgan fingerprint density at radius 3 is 2.97 bits per heavy atom. The van der Waals surface area contributed by atoms with Gasteiger partial charge in [0, 0.05) is 17.8 Å². The normalized spacial score (nSPS) is 30.9. The van der Waals surface area contributed by atoms with Gasteiger partial charge >= 0.3 is 0 Å². The van der Waals surface area contributed by atoms with Gasteiger partial charge in [-0.05, 0) is 19.1 Å². The summed E-state index contributed by atoms with van der Waals surface area (Å²) in [5, 5.41) is 6.84. The van der Waals surface area contributed by atoms with Crippen LogP contribution in [0.4, 0.5) is 11.5 Å². The van der Waals surface area contributed by atoms with Crippen LogP contribution in [0.15, 0.2) is 40.9 Å². The highest BCUT2D eigenvalue weighted by molar-refractivity contribution is 6.05. The molecule has 2 saturated heterocycles. The second-order valence-electron chi connectivity index (χ2n) is 7.68. The number of benzene rings is 1. The third-order valence-corrected chi connectivity index (χ3v) is 5.94. The Bertz CT molecular complexity index is 1080. The Hall–Kier alpha value is -3.33. The highest BCUT2D eigenvalue weighted by Crippen LogP contribution is 2.52. The second-order valence-corrected chi connectivity index (χ2v) is 7.68. The molecule has 0 unspecified atom stereocenters. The van der Waals surface area contributed by atoms with Gasteiger partial charge in [-0.1, -0.05) is 17.3 Å². The third-order valence-electron chi connectivity index (χ3n) is 5.94. The lowest BCUT2D eigenvalue weighted by molar-refractivity contribution is -0.128. The lowest BCUT2D eigenvalue weighted by Crippen LogP contribution is -2.41. The zero-order valence-electron chi connectivity index (χ0n) is 15.5. The SMILES string of the molecule is Cc1cc(N2C[C@]34C=C[C@@H](O3)[C@@H](C(=O)Nc3ccc5c(c3)OCO5)[C@@H]4C2=O)no1. The Morgan fingerprint density at radius 1 is 1.28 bits per heavy atom. The van der Waals surface area contributed by atoms with Crippen LogP contribution in [0.3, 0.4) is 0 Å². The van der Waals surface area contributed by atoms with E-state index < -0.39 is 23.5 Å². The molecule has 4 atom stereocenters. The monoisotopic (exact) mass is 395 g/mol. The second kappa shape index (κ2) is 5.60. The van der Waals surface area contributed by atoms with Crippen LogP contribution in [0.1, 0.15) is 5.76 Å². The quantitative estimate of drug-likeness (QED) is 0.788. The zero-order valence-corrected chi connectivity index (χ0v) is 15.5. The van der Waals surface area contributed by atoms with E-state index in [0.717, 1.165) is 0 Å². The first kappa shape index (κ1) is 16.6. The van der Waals surface area contributed by atoms with Gasteiger partial charge in [0.1, 0.15) is 11.4 Å². The highest BCUT2D eigenvalue weighted by Gasteiger charge is 2.67. The molecule has 1 N–H and O–H groups in total. The number of rotatable bonds is 3. The van der Waals surface area contributed by atoms with Crippen molar-refractivity contribution in [2.45, 2.75) is 18.6 Å². The fourth-order valence-corrected chi connectivity index (χ4v) is 4.67. The predicted molar refractivity (Wildman–Crippen MR) is 98.5 cm³/mol. The summed E-state index contributed by atoms with van der Waals surface area (Å²) in [4.78, 5) is 27.9. The van der Waals surface area contributed by atoms with Gasteiger partial charge in [-0.15, -0.1) is 0 Å². The van der Waals surface area contributed by atoms with E-state index in [1.165, 1.54) is 4.90 Å². The summed E-state index contributed by atoms with van der Waals surface area (Å²) >= 11 is 0. The highest BCUT2D eigenvalue weighted by atomic mass is 16.7. The molecule has 1 aromatic heterocycles. The number of carbonyl (C=O) groups is 2. The number of hydrogen-bond donors (Lipinski definition) is 1. The van der Waals surface area contributed by atoms with Crippen molar-refractivity contribution in [3.63, 3.8) is 0 Å². The van der Waals surface area contributed by atoms with Crippen LogP contribution < -0.4 is 19.7 Å². The van der Waals surface area contributed by atoms with E-state index >= 15 is 0 Å². The third kappa shape index (κ3) is 2.27. The van der Waals surface area contributed by atoms with E-state index in [0.29, 0.717) is 35.3 Å². The Kier molecular flexibility index (Phi) is 3.21. The Labute approximate surface area is 165 Å². The van der Waals surface area contributed by atoms with Crippen molar-refractivity contribution in [2.24, 2.45) is 11.8 Å². The number of amides is 2. The van der Waals surface area contributed by atoms with E-state index in [9.17, 15) is 9.59 Å². The maximum Gasteiger partial charge on any atom is 0.235 e. The van der Waals surface area contributed by atoms with Crippen molar-refractivity contribution >= 4 is 23.3 Å². The van der Waals surface area contributed by atoms with Crippen LogP contribution >= 0.6 is 0 Å². The zero-order chi connectivity index (χ0) is 19.8. The van der Waals surface area contributed by atoms with Crippen molar-refractivity contribution in [2.75, 3.05) is 23.6 Å². The van der Waals surface area contributed by atoms with Gasteiger partial charge in [0.15, 0.2) is 17.3 Å². The van der Waals surface area contributed by atoms with Gasteiger partial charge < -0.3 is 24.1 Å². The molecule has 0 aliphatic carbocycles. The lowest BCUT2D eigenvalue weighted by Gasteiger charge is -2.23. The number of aryl methyl sites for hydroxylation is 1. The smallest absolute Gasteiger partial charge is 0.235 e. The number of aromatic nitrogens is 1. The van der Waals surface area contributed by atoms with Gasteiger partial charge in [0.2, 0.25) is 18.6 Å². The van der Waals surface area contributed by atoms with E-state index in [1.54, 1.807) is 31.2 Å². The number of nitrogens with zero attached hydrogens (tertiary/aromatic N) is 2. The number of nitrogens with one attached hydrogen (secondary N) is 1. The summed E-state index contributed by atoms with van der Waals surface area (Å²) in [7, 11) is 0. The minimum atomic E-state index is -0.814. The molecule has 6 rings (SSSR count). The molecule has 4 aliphatic rings. The molecule has 2 fully saturated rings. The first-order chi connectivity index (χ1) is 14.0. The maximum atomic E-state index is 13.2. The van der Waals surface area contributed by atoms with Gasteiger partial charge in [-0.3, -0.25) is 14.5 Å². The molecular formula is C20H17N3O6. The molecule has 29 heavy (non-hydrogen) atoms. The summed E-state index contributed by atoms with van der Waals surface area (Å²) in [6.07, 6.45) is 3.34. The summed E-state index contributed by atoms with van der Waals surface area (Å²) < 4.78 is 21.9. The van der Waals surface area contributed by atoms with E-state index in [-0.39, 0.29) is 18.6 Å². The van der Waals surface area contributed by atoms with Crippen molar-refractivity contribution in [1.82, 2.24) is 5.16 Å². The average Bonchev–Trinajstić information content (AvgIpc) is 3.49. The molecule has 148 valence electrons. The van der Waals surface area contributed by atoms with E-state index in [1.807, 2.05) is 12.2 Å². The largest absolute Gasteiger partial charge is 0.454 e. The van der Waals surface area contributed by atoms with Crippen LogP contribution in [0.5, 0.6) is 11.5 Å².